The van der Waals surface area contributed by atoms with Gasteiger partial charge in [0.2, 0.25) is 6.79 Å². The minimum absolute atomic E-state index is 0.252. The summed E-state index contributed by atoms with van der Waals surface area (Å²) < 4.78 is 36.0. The second-order valence-corrected chi connectivity index (χ2v) is 7.30. The molecule has 0 fully saturated rings. The van der Waals surface area contributed by atoms with E-state index in [-0.39, 0.29) is 12.6 Å². The predicted molar refractivity (Wildman–Crippen MR) is 111 cm³/mol. The van der Waals surface area contributed by atoms with Gasteiger partial charge in [-0.25, -0.2) is 4.39 Å². The summed E-state index contributed by atoms with van der Waals surface area (Å²) in [7, 11) is 1.60. The third kappa shape index (κ3) is 4.56. The van der Waals surface area contributed by atoms with E-state index < -0.39 is 0 Å². The van der Waals surface area contributed by atoms with Crippen LogP contribution in [0.5, 0.6) is 23.0 Å². The van der Waals surface area contributed by atoms with Crippen LogP contribution in [0.15, 0.2) is 59.1 Å². The number of halogens is 2. The molecule has 4 rings (SSSR count). The van der Waals surface area contributed by atoms with Crippen molar-refractivity contribution in [3.8, 4) is 23.0 Å². The molecular weight excluding hydrogens is 441 g/mol. The van der Waals surface area contributed by atoms with Crippen molar-refractivity contribution in [1.82, 2.24) is 0 Å². The van der Waals surface area contributed by atoms with E-state index in [4.69, 9.17) is 18.9 Å². The molecule has 0 radical (unpaired) electrons. The minimum Gasteiger partial charge on any atom is -0.493 e. The summed E-state index contributed by atoms with van der Waals surface area (Å²) in [6.07, 6.45) is 0. The molecule has 0 saturated heterocycles. The van der Waals surface area contributed by atoms with E-state index in [1.807, 2.05) is 30.3 Å². The number of fused-ring (bicyclic) bond motifs is 1. The Morgan fingerprint density at radius 2 is 1.79 bits per heavy atom. The summed E-state index contributed by atoms with van der Waals surface area (Å²) in [5, 5.41) is 3.36. The lowest BCUT2D eigenvalue weighted by Gasteiger charge is -2.15. The summed E-state index contributed by atoms with van der Waals surface area (Å²) in [4.78, 5) is 0. The minimum atomic E-state index is -0.271. The van der Waals surface area contributed by atoms with Gasteiger partial charge >= 0.3 is 0 Å². The van der Waals surface area contributed by atoms with Crippen LogP contribution in [0.25, 0.3) is 0 Å². The Balaban J connectivity index is 1.44. The zero-order valence-corrected chi connectivity index (χ0v) is 17.3. The first-order valence-electron chi connectivity index (χ1n) is 8.99. The third-order valence-corrected chi connectivity index (χ3v) is 5.04. The van der Waals surface area contributed by atoms with Gasteiger partial charge in [-0.2, -0.15) is 0 Å². The van der Waals surface area contributed by atoms with E-state index in [2.05, 4.69) is 21.2 Å². The fourth-order valence-corrected chi connectivity index (χ4v) is 3.57. The first-order valence-corrected chi connectivity index (χ1v) is 9.79. The van der Waals surface area contributed by atoms with E-state index in [1.165, 1.54) is 12.1 Å². The van der Waals surface area contributed by atoms with Crippen LogP contribution >= 0.6 is 15.9 Å². The monoisotopic (exact) mass is 459 g/mol. The molecule has 150 valence electrons. The lowest BCUT2D eigenvalue weighted by atomic mass is 10.2. The van der Waals surface area contributed by atoms with Crippen LogP contribution < -0.4 is 24.3 Å². The predicted octanol–water partition coefficient (Wildman–Crippen LogP) is 5.52. The number of hydrogen-bond donors (Lipinski definition) is 1. The van der Waals surface area contributed by atoms with Crippen LogP contribution in [0.2, 0.25) is 0 Å². The third-order valence-electron chi connectivity index (χ3n) is 4.45. The number of ether oxygens (including phenoxy) is 4. The van der Waals surface area contributed by atoms with Crippen molar-refractivity contribution in [1.29, 1.82) is 0 Å². The zero-order chi connectivity index (χ0) is 20.2. The first-order chi connectivity index (χ1) is 14.1. The van der Waals surface area contributed by atoms with E-state index in [0.717, 1.165) is 32.8 Å². The van der Waals surface area contributed by atoms with Crippen LogP contribution in [0.3, 0.4) is 0 Å². The molecule has 0 spiro atoms. The standard InChI is InChI=1S/C22H19BrFNO4/c1-26-21-9-15(11-25-17-6-7-19-20(10-17)29-13-28-19)8-18(23)22(21)27-12-14-2-4-16(24)5-3-14/h2-10,25H,11-13H2,1H3. The van der Waals surface area contributed by atoms with E-state index in [9.17, 15) is 4.39 Å². The normalized spacial score (nSPS) is 12.0. The molecule has 1 heterocycles. The van der Waals surface area contributed by atoms with Crippen molar-refractivity contribution >= 4 is 21.6 Å². The van der Waals surface area contributed by atoms with Crippen LogP contribution in [-0.4, -0.2) is 13.9 Å². The fourth-order valence-electron chi connectivity index (χ4n) is 2.96. The Bertz CT molecular complexity index is 1010. The molecule has 3 aromatic rings. The topological polar surface area (TPSA) is 49.0 Å². The molecule has 1 aliphatic heterocycles. The van der Waals surface area contributed by atoms with Gasteiger partial charge in [0.25, 0.3) is 0 Å². The van der Waals surface area contributed by atoms with Crippen molar-refractivity contribution in [2.75, 3.05) is 19.2 Å². The number of hydrogen-bond acceptors (Lipinski definition) is 5. The highest BCUT2D eigenvalue weighted by molar-refractivity contribution is 9.10. The Labute approximate surface area is 176 Å². The van der Waals surface area contributed by atoms with Crippen LogP contribution in [0.1, 0.15) is 11.1 Å². The van der Waals surface area contributed by atoms with E-state index in [1.54, 1.807) is 19.2 Å². The average Bonchev–Trinajstić information content (AvgIpc) is 3.20. The lowest BCUT2D eigenvalue weighted by Crippen LogP contribution is -2.03. The SMILES string of the molecule is COc1cc(CNc2ccc3c(c2)OCO3)cc(Br)c1OCc1ccc(F)cc1. The van der Waals surface area contributed by atoms with Crippen molar-refractivity contribution in [2.24, 2.45) is 0 Å². The second-order valence-electron chi connectivity index (χ2n) is 6.45. The number of anilines is 1. The van der Waals surface area contributed by atoms with Crippen molar-refractivity contribution in [3.63, 3.8) is 0 Å². The summed E-state index contributed by atoms with van der Waals surface area (Å²) in [5.41, 5.74) is 2.82. The van der Waals surface area contributed by atoms with E-state index in [0.29, 0.717) is 24.7 Å². The number of methoxy groups -OCH3 is 1. The highest BCUT2D eigenvalue weighted by atomic mass is 79.9. The Morgan fingerprint density at radius 3 is 2.59 bits per heavy atom. The first kappa shape index (κ1) is 19.4. The molecule has 0 saturated carbocycles. The smallest absolute Gasteiger partial charge is 0.231 e. The van der Waals surface area contributed by atoms with Crippen LogP contribution in [0, 0.1) is 5.82 Å². The highest BCUT2D eigenvalue weighted by Crippen LogP contribution is 2.38. The van der Waals surface area contributed by atoms with Gasteiger partial charge in [0.15, 0.2) is 23.0 Å². The summed E-state index contributed by atoms with van der Waals surface area (Å²) >= 11 is 3.56. The molecule has 29 heavy (non-hydrogen) atoms. The van der Waals surface area contributed by atoms with Gasteiger partial charge in [-0.15, -0.1) is 0 Å². The van der Waals surface area contributed by atoms with Gasteiger partial charge in [-0.05, 0) is 63.5 Å². The number of benzene rings is 3. The van der Waals surface area contributed by atoms with Gasteiger partial charge in [-0.3, -0.25) is 0 Å². The number of rotatable bonds is 7. The van der Waals surface area contributed by atoms with Gasteiger partial charge < -0.3 is 24.3 Å². The molecule has 7 heteroatoms. The largest absolute Gasteiger partial charge is 0.493 e. The van der Waals surface area contributed by atoms with Gasteiger partial charge in [0, 0.05) is 18.3 Å². The Hall–Kier alpha value is -2.93. The molecule has 1 N–H and O–H groups in total. The maximum Gasteiger partial charge on any atom is 0.231 e. The maximum absolute atomic E-state index is 13.1. The van der Waals surface area contributed by atoms with Crippen molar-refractivity contribution in [3.05, 3.63) is 76.0 Å². The quantitative estimate of drug-likeness (QED) is 0.504. The van der Waals surface area contributed by atoms with Crippen molar-refractivity contribution in [2.45, 2.75) is 13.2 Å². The average molecular weight is 460 g/mol. The fraction of sp³-hybridized carbons (Fsp3) is 0.182. The summed E-state index contributed by atoms with van der Waals surface area (Å²) in [5.74, 6) is 2.43. The molecule has 0 bridgehead atoms. The molecule has 0 amide bonds. The molecule has 0 aliphatic carbocycles. The van der Waals surface area contributed by atoms with Gasteiger partial charge in [0.05, 0.1) is 11.6 Å². The Morgan fingerprint density at radius 1 is 1.00 bits per heavy atom. The number of nitrogens with one attached hydrogen (secondary N) is 1. The molecular formula is C22H19BrFNO4. The van der Waals surface area contributed by atoms with Crippen LogP contribution in [0.4, 0.5) is 10.1 Å². The van der Waals surface area contributed by atoms with Gasteiger partial charge in [-0.1, -0.05) is 12.1 Å². The summed E-state index contributed by atoms with van der Waals surface area (Å²) in [6, 6.07) is 15.8. The maximum atomic E-state index is 13.1. The molecule has 3 aromatic carbocycles. The zero-order valence-electron chi connectivity index (χ0n) is 15.7. The Kier molecular flexibility index (Phi) is 5.76. The van der Waals surface area contributed by atoms with Gasteiger partial charge in [0.1, 0.15) is 12.4 Å². The second kappa shape index (κ2) is 8.61. The molecule has 0 atom stereocenters. The lowest BCUT2D eigenvalue weighted by molar-refractivity contribution is 0.174. The molecule has 0 unspecified atom stereocenters. The van der Waals surface area contributed by atoms with Crippen molar-refractivity contribution < 1.29 is 23.3 Å². The van der Waals surface area contributed by atoms with E-state index >= 15 is 0 Å². The molecule has 1 aliphatic rings. The molecule has 0 aromatic heterocycles. The van der Waals surface area contributed by atoms with Crippen LogP contribution in [-0.2, 0) is 13.2 Å². The summed E-state index contributed by atoms with van der Waals surface area (Å²) in [6.45, 7) is 1.15. The molecule has 5 nitrogen and oxygen atoms in total. The highest BCUT2D eigenvalue weighted by Gasteiger charge is 2.14.